The van der Waals surface area contributed by atoms with Crippen molar-refractivity contribution in [3.8, 4) is 10.6 Å². The lowest BCUT2D eigenvalue weighted by Gasteiger charge is -2.29. The van der Waals surface area contributed by atoms with Crippen LogP contribution in [0.2, 0.25) is 0 Å². The van der Waals surface area contributed by atoms with Gasteiger partial charge in [-0.1, -0.05) is 13.0 Å². The summed E-state index contributed by atoms with van der Waals surface area (Å²) in [6.07, 6.45) is 0.967. The number of thiophene rings is 1. The van der Waals surface area contributed by atoms with Crippen LogP contribution in [-0.4, -0.2) is 35.2 Å². The molecule has 3 rings (SSSR count). The molecular weight excluding hydrogens is 272 g/mol. The molecular formula is C14H18N4OS. The Labute approximate surface area is 121 Å². The molecule has 1 saturated heterocycles. The topological polar surface area (TPSA) is 69.8 Å². The first-order valence-corrected chi connectivity index (χ1v) is 7.73. The minimum absolute atomic E-state index is 0.0946. The first kappa shape index (κ1) is 13.3. The van der Waals surface area contributed by atoms with Crippen molar-refractivity contribution in [3.05, 3.63) is 29.3 Å². The number of nitrogens with zero attached hydrogens (tertiary/aromatic N) is 1. The Hall–Kier alpha value is -1.66. The fourth-order valence-corrected chi connectivity index (χ4v) is 3.16. The van der Waals surface area contributed by atoms with Crippen LogP contribution in [0.4, 0.5) is 0 Å². The lowest BCUT2D eigenvalue weighted by Crippen LogP contribution is -2.48. The molecule has 20 heavy (non-hydrogen) atoms. The number of rotatable bonds is 3. The maximum absolute atomic E-state index is 12.2. The largest absolute Gasteiger partial charge is 0.348 e. The monoisotopic (exact) mass is 290 g/mol. The maximum Gasteiger partial charge on any atom is 0.272 e. The highest BCUT2D eigenvalue weighted by Gasteiger charge is 2.24. The molecule has 1 aliphatic heterocycles. The molecule has 1 aliphatic rings. The summed E-state index contributed by atoms with van der Waals surface area (Å²) in [6.45, 7) is 4.06. The molecule has 2 atom stereocenters. The van der Waals surface area contributed by atoms with Gasteiger partial charge in [0.15, 0.2) is 5.69 Å². The van der Waals surface area contributed by atoms with E-state index in [1.165, 1.54) is 0 Å². The van der Waals surface area contributed by atoms with Crippen LogP contribution < -0.4 is 10.6 Å². The summed E-state index contributed by atoms with van der Waals surface area (Å²) < 4.78 is 0. The molecule has 0 aromatic carbocycles. The highest BCUT2D eigenvalue weighted by molar-refractivity contribution is 7.13. The second kappa shape index (κ2) is 5.76. The van der Waals surface area contributed by atoms with E-state index in [2.05, 4.69) is 27.8 Å². The second-order valence-corrected chi connectivity index (χ2v) is 6.14. The number of amides is 1. The zero-order chi connectivity index (χ0) is 13.9. The molecule has 5 nitrogen and oxygen atoms in total. The molecule has 2 aromatic rings. The number of aromatic nitrogens is 2. The molecule has 0 aliphatic carbocycles. The smallest absolute Gasteiger partial charge is 0.272 e. The van der Waals surface area contributed by atoms with Crippen LogP contribution in [0.25, 0.3) is 10.6 Å². The summed E-state index contributed by atoms with van der Waals surface area (Å²) in [5.41, 5.74) is 1.35. The summed E-state index contributed by atoms with van der Waals surface area (Å²) >= 11 is 1.63. The van der Waals surface area contributed by atoms with E-state index in [-0.39, 0.29) is 11.9 Å². The van der Waals surface area contributed by atoms with Crippen LogP contribution >= 0.6 is 11.3 Å². The van der Waals surface area contributed by atoms with Crippen molar-refractivity contribution < 1.29 is 4.79 Å². The fraction of sp³-hybridized carbons (Fsp3) is 0.429. The Bertz CT molecular complexity index is 578. The van der Waals surface area contributed by atoms with Crippen molar-refractivity contribution in [2.24, 2.45) is 5.92 Å². The van der Waals surface area contributed by atoms with Crippen molar-refractivity contribution in [1.82, 2.24) is 20.8 Å². The number of hydrogen-bond donors (Lipinski definition) is 3. The van der Waals surface area contributed by atoms with Crippen LogP contribution in [0, 0.1) is 5.92 Å². The van der Waals surface area contributed by atoms with E-state index >= 15 is 0 Å². The SMILES string of the molecule is CC1CNCCC1NC(=O)c1cc(-c2cccs2)[nH]n1. The standard InChI is InChI=1S/C14H18N4OS/c1-9-8-15-5-4-10(9)16-14(19)12-7-11(17-18-12)13-3-2-6-20-13/h2-3,6-7,9-10,15H,4-5,8H2,1H3,(H,16,19)(H,17,18). The zero-order valence-electron chi connectivity index (χ0n) is 11.3. The van der Waals surface area contributed by atoms with Gasteiger partial charge in [0.05, 0.1) is 10.6 Å². The number of carbonyl (C=O) groups excluding carboxylic acids is 1. The van der Waals surface area contributed by atoms with Gasteiger partial charge in [0.1, 0.15) is 0 Å². The second-order valence-electron chi connectivity index (χ2n) is 5.19. The van der Waals surface area contributed by atoms with Crippen molar-refractivity contribution >= 4 is 17.2 Å². The van der Waals surface area contributed by atoms with E-state index in [9.17, 15) is 4.79 Å². The molecule has 1 fully saturated rings. The van der Waals surface area contributed by atoms with Gasteiger partial charge in [0.25, 0.3) is 5.91 Å². The van der Waals surface area contributed by atoms with Gasteiger partial charge in [-0.3, -0.25) is 9.89 Å². The van der Waals surface area contributed by atoms with Crippen LogP contribution in [0.15, 0.2) is 23.6 Å². The van der Waals surface area contributed by atoms with E-state index in [1.807, 2.05) is 23.6 Å². The molecule has 2 aromatic heterocycles. The average molecular weight is 290 g/mol. The quantitative estimate of drug-likeness (QED) is 0.808. The van der Waals surface area contributed by atoms with E-state index < -0.39 is 0 Å². The molecule has 0 saturated carbocycles. The fourth-order valence-electron chi connectivity index (χ4n) is 2.47. The van der Waals surface area contributed by atoms with E-state index in [0.717, 1.165) is 30.1 Å². The van der Waals surface area contributed by atoms with Gasteiger partial charge >= 0.3 is 0 Å². The predicted molar refractivity (Wildman–Crippen MR) is 79.8 cm³/mol. The van der Waals surface area contributed by atoms with Gasteiger partial charge in [0.2, 0.25) is 0 Å². The molecule has 1 amide bonds. The zero-order valence-corrected chi connectivity index (χ0v) is 12.2. The lowest BCUT2D eigenvalue weighted by atomic mass is 9.95. The molecule has 2 unspecified atom stereocenters. The van der Waals surface area contributed by atoms with Gasteiger partial charge in [-0.05, 0) is 42.9 Å². The maximum atomic E-state index is 12.2. The number of H-pyrrole nitrogens is 1. The Morgan fingerprint density at radius 2 is 2.45 bits per heavy atom. The van der Waals surface area contributed by atoms with E-state index in [1.54, 1.807) is 11.3 Å². The number of nitrogens with one attached hydrogen (secondary N) is 3. The number of aromatic amines is 1. The highest BCUT2D eigenvalue weighted by atomic mass is 32.1. The van der Waals surface area contributed by atoms with Crippen molar-refractivity contribution in [3.63, 3.8) is 0 Å². The van der Waals surface area contributed by atoms with Crippen molar-refractivity contribution in [2.75, 3.05) is 13.1 Å². The molecule has 3 heterocycles. The summed E-state index contributed by atoms with van der Waals surface area (Å²) in [5, 5.41) is 15.5. The first-order valence-electron chi connectivity index (χ1n) is 6.85. The number of piperidine rings is 1. The third-order valence-corrected chi connectivity index (χ3v) is 4.60. The molecule has 6 heteroatoms. The Kier molecular flexibility index (Phi) is 3.84. The van der Waals surface area contributed by atoms with Gasteiger partial charge in [-0.25, -0.2) is 0 Å². The summed E-state index contributed by atoms with van der Waals surface area (Å²) in [5.74, 6) is 0.353. The normalized spacial score (nSPS) is 22.6. The average Bonchev–Trinajstić information content (AvgIpc) is 3.11. The van der Waals surface area contributed by atoms with Crippen molar-refractivity contribution in [1.29, 1.82) is 0 Å². The molecule has 0 radical (unpaired) electrons. The molecule has 0 bridgehead atoms. The number of carbonyl (C=O) groups is 1. The van der Waals surface area contributed by atoms with E-state index in [0.29, 0.717) is 11.6 Å². The summed E-state index contributed by atoms with van der Waals surface area (Å²) in [4.78, 5) is 13.3. The molecule has 3 N–H and O–H groups in total. The Balaban J connectivity index is 1.68. The summed E-state index contributed by atoms with van der Waals surface area (Å²) in [6, 6.07) is 6.03. The van der Waals surface area contributed by atoms with Gasteiger partial charge < -0.3 is 10.6 Å². The third-order valence-electron chi connectivity index (χ3n) is 3.70. The third kappa shape index (κ3) is 2.76. The molecule has 0 spiro atoms. The van der Waals surface area contributed by atoms with Crippen LogP contribution in [-0.2, 0) is 0 Å². The van der Waals surface area contributed by atoms with Gasteiger partial charge in [-0.15, -0.1) is 11.3 Å². The molecule has 106 valence electrons. The highest BCUT2D eigenvalue weighted by Crippen LogP contribution is 2.23. The van der Waals surface area contributed by atoms with Crippen LogP contribution in [0.3, 0.4) is 0 Å². The Morgan fingerprint density at radius 1 is 1.55 bits per heavy atom. The van der Waals surface area contributed by atoms with Gasteiger partial charge in [0, 0.05) is 6.04 Å². The minimum atomic E-state index is -0.0946. The Morgan fingerprint density at radius 3 is 3.20 bits per heavy atom. The van der Waals surface area contributed by atoms with Crippen molar-refractivity contribution in [2.45, 2.75) is 19.4 Å². The van der Waals surface area contributed by atoms with E-state index in [4.69, 9.17) is 0 Å². The first-order chi connectivity index (χ1) is 9.74. The van der Waals surface area contributed by atoms with Gasteiger partial charge in [-0.2, -0.15) is 5.10 Å². The van der Waals surface area contributed by atoms with Crippen LogP contribution in [0.1, 0.15) is 23.8 Å². The number of hydrogen-bond acceptors (Lipinski definition) is 4. The summed E-state index contributed by atoms with van der Waals surface area (Å²) in [7, 11) is 0. The van der Waals surface area contributed by atoms with Crippen LogP contribution in [0.5, 0.6) is 0 Å². The predicted octanol–water partition coefficient (Wildman–Crippen LogP) is 1.87. The lowest BCUT2D eigenvalue weighted by molar-refractivity contribution is 0.0909. The minimum Gasteiger partial charge on any atom is -0.348 e.